The zero-order chi connectivity index (χ0) is 16.0. The zero-order valence-corrected chi connectivity index (χ0v) is 12.4. The number of benzene rings is 1. The number of hydrogen-bond acceptors (Lipinski definition) is 5. The number of ether oxygens (including phenoxy) is 1. The second-order valence-corrected chi connectivity index (χ2v) is 4.45. The Kier molecular flexibility index (Phi) is 6.10. The van der Waals surface area contributed by atoms with Gasteiger partial charge in [0.1, 0.15) is 11.6 Å². The number of amides is 1. The minimum atomic E-state index is -0.632. The molecule has 7 nitrogen and oxygen atoms in total. The fourth-order valence-corrected chi connectivity index (χ4v) is 1.91. The number of nitro benzene ring substituents is 1. The van der Waals surface area contributed by atoms with Crippen molar-refractivity contribution < 1.29 is 19.2 Å². The van der Waals surface area contributed by atoms with Crippen LogP contribution < -0.4 is 0 Å². The van der Waals surface area contributed by atoms with Gasteiger partial charge in [-0.25, -0.2) is 0 Å². The van der Waals surface area contributed by atoms with E-state index in [0.29, 0.717) is 6.54 Å². The topological polar surface area (TPSA) is 89.8 Å². The summed E-state index contributed by atoms with van der Waals surface area (Å²) in [6, 6.07) is 3.68. The highest BCUT2D eigenvalue weighted by atomic mass is 35.5. The van der Waals surface area contributed by atoms with Crippen LogP contribution in [0.4, 0.5) is 5.69 Å². The highest BCUT2D eigenvalue weighted by molar-refractivity contribution is 6.33. The Morgan fingerprint density at radius 3 is 2.52 bits per heavy atom. The van der Waals surface area contributed by atoms with Crippen molar-refractivity contribution in [3.05, 3.63) is 38.9 Å². The Morgan fingerprint density at radius 1 is 1.38 bits per heavy atom. The number of halogens is 1. The Morgan fingerprint density at radius 2 is 2.05 bits per heavy atom. The average Bonchev–Trinajstić information content (AvgIpc) is 2.43. The van der Waals surface area contributed by atoms with Crippen molar-refractivity contribution in [2.75, 3.05) is 19.7 Å². The standard InChI is InChI=1S/C13H15ClN2O5/c1-3-15(8-12(17)21-4-2)13(18)9-5-6-11(16(19)20)10(14)7-9/h5-7H,3-4,8H2,1-2H3. The molecule has 0 aromatic heterocycles. The molecule has 1 rings (SSSR count). The van der Waals surface area contributed by atoms with E-state index < -0.39 is 16.8 Å². The van der Waals surface area contributed by atoms with Crippen LogP contribution in [-0.4, -0.2) is 41.4 Å². The van der Waals surface area contributed by atoms with Crippen LogP contribution in [0.15, 0.2) is 18.2 Å². The van der Waals surface area contributed by atoms with Crippen molar-refractivity contribution >= 4 is 29.2 Å². The van der Waals surface area contributed by atoms with Crippen LogP contribution in [0.1, 0.15) is 24.2 Å². The monoisotopic (exact) mass is 314 g/mol. The summed E-state index contributed by atoms with van der Waals surface area (Å²) in [6.07, 6.45) is 0. The third-order valence-electron chi connectivity index (χ3n) is 2.69. The van der Waals surface area contributed by atoms with Crippen LogP contribution in [0.2, 0.25) is 5.02 Å². The van der Waals surface area contributed by atoms with Crippen LogP contribution in [0.25, 0.3) is 0 Å². The Balaban J connectivity index is 2.92. The van der Waals surface area contributed by atoms with E-state index in [4.69, 9.17) is 16.3 Å². The van der Waals surface area contributed by atoms with Crippen molar-refractivity contribution in [1.82, 2.24) is 4.90 Å². The summed E-state index contributed by atoms with van der Waals surface area (Å²) in [5, 5.41) is 10.5. The van der Waals surface area contributed by atoms with Crippen molar-refractivity contribution in [2.24, 2.45) is 0 Å². The van der Waals surface area contributed by atoms with E-state index in [1.807, 2.05) is 0 Å². The van der Waals surface area contributed by atoms with Gasteiger partial charge in [-0.2, -0.15) is 0 Å². The molecule has 0 aliphatic rings. The van der Waals surface area contributed by atoms with E-state index >= 15 is 0 Å². The van der Waals surface area contributed by atoms with Gasteiger partial charge in [0.05, 0.1) is 11.5 Å². The second-order valence-electron chi connectivity index (χ2n) is 4.05. The lowest BCUT2D eigenvalue weighted by atomic mass is 10.2. The van der Waals surface area contributed by atoms with Crippen molar-refractivity contribution in [3.8, 4) is 0 Å². The molecule has 0 saturated carbocycles. The molecule has 0 radical (unpaired) electrons. The molecule has 0 fully saturated rings. The average molecular weight is 315 g/mol. The highest BCUT2D eigenvalue weighted by Gasteiger charge is 2.21. The number of esters is 1. The van der Waals surface area contributed by atoms with Gasteiger partial charge in [-0.3, -0.25) is 19.7 Å². The van der Waals surface area contributed by atoms with Crippen LogP contribution in [-0.2, 0) is 9.53 Å². The van der Waals surface area contributed by atoms with Gasteiger partial charge in [-0.05, 0) is 26.0 Å². The minimum Gasteiger partial charge on any atom is -0.465 e. The van der Waals surface area contributed by atoms with Crippen LogP contribution in [0.3, 0.4) is 0 Å². The van der Waals surface area contributed by atoms with Gasteiger partial charge in [0.15, 0.2) is 0 Å². The number of nitrogens with zero attached hydrogens (tertiary/aromatic N) is 2. The predicted octanol–water partition coefficient (Wildman–Crippen LogP) is 2.27. The van der Waals surface area contributed by atoms with Crippen LogP contribution in [0.5, 0.6) is 0 Å². The third kappa shape index (κ3) is 4.42. The van der Waals surface area contributed by atoms with Crippen molar-refractivity contribution in [2.45, 2.75) is 13.8 Å². The number of rotatable bonds is 6. The summed E-state index contributed by atoms with van der Waals surface area (Å²) in [5.41, 5.74) is -0.0987. The molecule has 0 bridgehead atoms. The highest BCUT2D eigenvalue weighted by Crippen LogP contribution is 2.25. The summed E-state index contributed by atoms with van der Waals surface area (Å²) < 4.78 is 4.79. The van der Waals surface area contributed by atoms with E-state index in [-0.39, 0.29) is 29.4 Å². The van der Waals surface area contributed by atoms with E-state index in [9.17, 15) is 19.7 Å². The molecule has 0 atom stereocenters. The summed E-state index contributed by atoms with van der Waals surface area (Å²) >= 11 is 5.77. The van der Waals surface area contributed by atoms with Crippen LogP contribution in [0, 0.1) is 10.1 Å². The summed E-state index contributed by atoms with van der Waals surface area (Å²) in [6.45, 7) is 3.73. The second kappa shape index (κ2) is 7.58. The van der Waals surface area contributed by atoms with Gasteiger partial charge in [0.2, 0.25) is 0 Å². The summed E-state index contributed by atoms with van der Waals surface area (Å²) in [4.78, 5) is 35.0. The molecule has 1 aromatic carbocycles. The Bertz CT molecular complexity index is 561. The number of nitro groups is 1. The normalized spacial score (nSPS) is 10.0. The smallest absolute Gasteiger partial charge is 0.325 e. The molecule has 0 saturated heterocycles. The molecular formula is C13H15ClN2O5. The molecule has 0 heterocycles. The number of carbonyl (C=O) groups excluding carboxylic acids is 2. The summed E-state index contributed by atoms with van der Waals surface area (Å²) in [7, 11) is 0. The fourth-order valence-electron chi connectivity index (χ4n) is 1.66. The molecule has 0 aliphatic heterocycles. The van der Waals surface area contributed by atoms with Crippen molar-refractivity contribution in [3.63, 3.8) is 0 Å². The first kappa shape index (κ1) is 16.9. The molecule has 8 heteroatoms. The number of carbonyl (C=O) groups is 2. The van der Waals surface area contributed by atoms with Crippen molar-refractivity contribution in [1.29, 1.82) is 0 Å². The molecule has 0 aliphatic carbocycles. The molecule has 114 valence electrons. The van der Waals surface area contributed by atoms with Gasteiger partial charge in [-0.1, -0.05) is 11.6 Å². The minimum absolute atomic E-state index is 0.127. The molecule has 21 heavy (non-hydrogen) atoms. The van der Waals surface area contributed by atoms with Gasteiger partial charge in [0.25, 0.3) is 11.6 Å². The number of likely N-dealkylation sites (N-methyl/N-ethyl adjacent to an activating group) is 1. The van der Waals surface area contributed by atoms with Gasteiger partial charge < -0.3 is 9.64 Å². The number of hydrogen-bond donors (Lipinski definition) is 0. The maximum absolute atomic E-state index is 12.2. The lowest BCUT2D eigenvalue weighted by Gasteiger charge is -2.19. The maximum Gasteiger partial charge on any atom is 0.325 e. The van der Waals surface area contributed by atoms with E-state index in [1.165, 1.54) is 17.0 Å². The molecule has 1 aromatic rings. The largest absolute Gasteiger partial charge is 0.465 e. The van der Waals surface area contributed by atoms with E-state index in [0.717, 1.165) is 6.07 Å². The maximum atomic E-state index is 12.2. The lowest BCUT2D eigenvalue weighted by Crippen LogP contribution is -2.36. The first-order valence-electron chi connectivity index (χ1n) is 6.29. The van der Waals surface area contributed by atoms with E-state index in [2.05, 4.69) is 0 Å². The van der Waals surface area contributed by atoms with Gasteiger partial charge in [0, 0.05) is 18.2 Å². The third-order valence-corrected chi connectivity index (χ3v) is 2.99. The Hall–Kier alpha value is -2.15. The molecular weight excluding hydrogens is 300 g/mol. The lowest BCUT2D eigenvalue weighted by molar-refractivity contribution is -0.384. The first-order valence-corrected chi connectivity index (χ1v) is 6.67. The summed E-state index contributed by atoms with van der Waals surface area (Å²) in [5.74, 6) is -0.956. The van der Waals surface area contributed by atoms with Gasteiger partial charge >= 0.3 is 5.97 Å². The zero-order valence-electron chi connectivity index (χ0n) is 11.7. The SMILES string of the molecule is CCOC(=O)CN(CC)C(=O)c1ccc([N+](=O)[O-])c(Cl)c1. The van der Waals surface area contributed by atoms with Crippen LogP contribution >= 0.6 is 11.6 Å². The quantitative estimate of drug-likeness (QED) is 0.456. The molecule has 0 spiro atoms. The predicted molar refractivity (Wildman–Crippen MR) is 76.3 cm³/mol. The van der Waals surface area contributed by atoms with Gasteiger partial charge in [-0.15, -0.1) is 0 Å². The Labute approximate surface area is 126 Å². The fraction of sp³-hybridized carbons (Fsp3) is 0.385. The molecule has 1 amide bonds. The molecule has 0 unspecified atom stereocenters. The van der Waals surface area contributed by atoms with E-state index in [1.54, 1.807) is 13.8 Å². The first-order chi connectivity index (χ1) is 9.90. The molecule has 0 N–H and O–H groups in total.